The average molecular weight is 356 g/mol. The highest BCUT2D eigenvalue weighted by molar-refractivity contribution is 5.58. The average Bonchev–Trinajstić information content (AvgIpc) is 3.16. The Bertz CT molecular complexity index is 759. The third-order valence-electron chi connectivity index (χ3n) is 5.02. The van der Waals surface area contributed by atoms with Crippen LogP contribution >= 0.6 is 0 Å². The molecular formula is C20H24N2O4. The van der Waals surface area contributed by atoms with E-state index in [9.17, 15) is 5.11 Å². The van der Waals surface area contributed by atoms with Gasteiger partial charge < -0.3 is 24.2 Å². The van der Waals surface area contributed by atoms with E-state index in [1.54, 1.807) is 7.11 Å². The number of para-hydroxylation sites is 2. The number of aliphatic hydroxyl groups excluding tert-OH is 1. The van der Waals surface area contributed by atoms with Crippen molar-refractivity contribution in [3.8, 4) is 17.2 Å². The third-order valence-corrected chi connectivity index (χ3v) is 5.02. The van der Waals surface area contributed by atoms with Crippen molar-refractivity contribution in [2.75, 3.05) is 45.0 Å². The summed E-state index contributed by atoms with van der Waals surface area (Å²) in [5.74, 6) is 2.42. The molecule has 2 heterocycles. The predicted octanol–water partition coefficient (Wildman–Crippen LogP) is 2.11. The van der Waals surface area contributed by atoms with Crippen LogP contribution in [0.5, 0.6) is 17.2 Å². The van der Waals surface area contributed by atoms with Crippen LogP contribution in [-0.4, -0.2) is 56.3 Å². The van der Waals surface area contributed by atoms with Crippen LogP contribution < -0.4 is 19.1 Å². The van der Waals surface area contributed by atoms with Gasteiger partial charge in [-0.1, -0.05) is 18.2 Å². The molecule has 1 unspecified atom stereocenters. The van der Waals surface area contributed by atoms with Crippen molar-refractivity contribution < 1.29 is 19.3 Å². The summed E-state index contributed by atoms with van der Waals surface area (Å²) in [6.45, 7) is 3.61. The first-order chi connectivity index (χ1) is 12.7. The van der Waals surface area contributed by atoms with Crippen LogP contribution in [0.1, 0.15) is 5.56 Å². The van der Waals surface area contributed by atoms with Crippen LogP contribution in [-0.2, 0) is 6.42 Å². The molecule has 4 rings (SSSR count). The van der Waals surface area contributed by atoms with E-state index in [-0.39, 0.29) is 6.79 Å². The highest BCUT2D eigenvalue weighted by Crippen LogP contribution is 2.33. The second-order valence-electron chi connectivity index (χ2n) is 6.57. The molecule has 2 aromatic rings. The number of fused-ring (bicyclic) bond motifs is 1. The number of ether oxygens (including phenoxy) is 3. The van der Waals surface area contributed by atoms with Gasteiger partial charge in [-0.3, -0.25) is 4.90 Å². The highest BCUT2D eigenvalue weighted by Gasteiger charge is 2.24. The summed E-state index contributed by atoms with van der Waals surface area (Å²) in [5, 5.41) is 10.6. The lowest BCUT2D eigenvalue weighted by Gasteiger charge is -2.38. The lowest BCUT2D eigenvalue weighted by atomic mass is 10.1. The SMILES string of the molecule is COc1ccccc1N1CCN(C(O)Cc2ccc3c(c2)OCO3)CC1. The van der Waals surface area contributed by atoms with Gasteiger partial charge in [-0.25, -0.2) is 0 Å². The molecule has 1 N–H and O–H groups in total. The number of hydrogen-bond acceptors (Lipinski definition) is 6. The molecule has 0 amide bonds. The zero-order valence-electron chi connectivity index (χ0n) is 14.9. The van der Waals surface area contributed by atoms with E-state index < -0.39 is 6.23 Å². The maximum absolute atomic E-state index is 10.6. The van der Waals surface area contributed by atoms with Crippen molar-refractivity contribution >= 4 is 5.69 Å². The number of aliphatic hydroxyl groups is 1. The third kappa shape index (κ3) is 3.43. The number of nitrogens with zero attached hydrogens (tertiary/aromatic N) is 2. The van der Waals surface area contributed by atoms with E-state index in [0.717, 1.165) is 54.7 Å². The Kier molecular flexibility index (Phi) is 4.86. The molecule has 1 saturated heterocycles. The first kappa shape index (κ1) is 17.0. The minimum absolute atomic E-state index is 0.270. The van der Waals surface area contributed by atoms with Crippen LogP contribution in [0.15, 0.2) is 42.5 Å². The van der Waals surface area contributed by atoms with Crippen molar-refractivity contribution in [1.29, 1.82) is 0 Å². The van der Waals surface area contributed by atoms with E-state index in [0.29, 0.717) is 6.42 Å². The van der Waals surface area contributed by atoms with E-state index >= 15 is 0 Å². The molecule has 6 heteroatoms. The summed E-state index contributed by atoms with van der Waals surface area (Å²) in [6.07, 6.45) is 0.0702. The van der Waals surface area contributed by atoms with Crippen molar-refractivity contribution in [3.63, 3.8) is 0 Å². The number of rotatable bonds is 5. The van der Waals surface area contributed by atoms with Crippen molar-refractivity contribution in [1.82, 2.24) is 4.90 Å². The van der Waals surface area contributed by atoms with Gasteiger partial charge in [0.05, 0.1) is 12.8 Å². The fraction of sp³-hybridized carbons (Fsp3) is 0.400. The molecule has 0 bridgehead atoms. The van der Waals surface area contributed by atoms with Gasteiger partial charge in [-0.2, -0.15) is 0 Å². The number of benzene rings is 2. The Morgan fingerprint density at radius 3 is 2.62 bits per heavy atom. The lowest BCUT2D eigenvalue weighted by molar-refractivity contribution is 0.00106. The van der Waals surface area contributed by atoms with Crippen LogP contribution in [0.2, 0.25) is 0 Å². The topological polar surface area (TPSA) is 54.4 Å². The van der Waals surface area contributed by atoms with Crippen molar-refractivity contribution in [2.24, 2.45) is 0 Å². The second-order valence-corrected chi connectivity index (χ2v) is 6.57. The lowest BCUT2D eigenvalue weighted by Crippen LogP contribution is -2.51. The van der Waals surface area contributed by atoms with Gasteiger partial charge in [0.2, 0.25) is 6.79 Å². The van der Waals surface area contributed by atoms with Crippen LogP contribution in [0, 0.1) is 0 Å². The zero-order chi connectivity index (χ0) is 17.9. The maximum atomic E-state index is 10.6. The Morgan fingerprint density at radius 1 is 1.04 bits per heavy atom. The summed E-state index contributed by atoms with van der Waals surface area (Å²) >= 11 is 0. The fourth-order valence-electron chi connectivity index (χ4n) is 3.56. The van der Waals surface area contributed by atoms with Crippen molar-refractivity contribution in [2.45, 2.75) is 12.6 Å². The number of hydrogen-bond donors (Lipinski definition) is 1. The number of methoxy groups -OCH3 is 1. The molecule has 0 radical (unpaired) electrons. The molecule has 138 valence electrons. The Morgan fingerprint density at radius 2 is 1.81 bits per heavy atom. The van der Waals surface area contributed by atoms with E-state index in [2.05, 4.69) is 15.9 Å². The zero-order valence-corrected chi connectivity index (χ0v) is 14.9. The van der Waals surface area contributed by atoms with Crippen LogP contribution in [0.3, 0.4) is 0 Å². The molecule has 1 atom stereocenters. The molecule has 2 aromatic carbocycles. The Balaban J connectivity index is 1.35. The second kappa shape index (κ2) is 7.43. The van der Waals surface area contributed by atoms with Crippen LogP contribution in [0.4, 0.5) is 5.69 Å². The predicted molar refractivity (Wildman–Crippen MR) is 99.1 cm³/mol. The molecule has 0 spiro atoms. The Labute approximate surface area is 153 Å². The standard InChI is InChI=1S/C20H24N2O4/c1-24-17-5-3-2-4-16(17)21-8-10-22(11-9-21)20(23)13-15-6-7-18-19(12-15)26-14-25-18/h2-7,12,20,23H,8-11,13-14H2,1H3. The van der Waals surface area contributed by atoms with Gasteiger partial charge in [0, 0.05) is 32.6 Å². The molecule has 0 aromatic heterocycles. The van der Waals surface area contributed by atoms with Gasteiger partial charge in [0.25, 0.3) is 0 Å². The Hall–Kier alpha value is -2.44. The van der Waals surface area contributed by atoms with E-state index in [1.807, 2.05) is 36.4 Å². The van der Waals surface area contributed by atoms with E-state index in [4.69, 9.17) is 14.2 Å². The van der Waals surface area contributed by atoms with Gasteiger partial charge in [0.1, 0.15) is 12.0 Å². The van der Waals surface area contributed by atoms with Crippen LogP contribution in [0.25, 0.3) is 0 Å². The van der Waals surface area contributed by atoms with Gasteiger partial charge in [-0.05, 0) is 29.8 Å². The molecule has 0 saturated carbocycles. The molecule has 2 aliphatic rings. The maximum Gasteiger partial charge on any atom is 0.231 e. The monoisotopic (exact) mass is 356 g/mol. The normalized spacial score (nSPS) is 18.0. The van der Waals surface area contributed by atoms with Gasteiger partial charge in [-0.15, -0.1) is 0 Å². The fourth-order valence-corrected chi connectivity index (χ4v) is 3.56. The summed E-state index contributed by atoms with van der Waals surface area (Å²) in [7, 11) is 1.70. The highest BCUT2D eigenvalue weighted by atomic mass is 16.7. The molecular weight excluding hydrogens is 332 g/mol. The first-order valence-corrected chi connectivity index (χ1v) is 8.93. The molecule has 6 nitrogen and oxygen atoms in total. The largest absolute Gasteiger partial charge is 0.495 e. The minimum Gasteiger partial charge on any atom is -0.495 e. The first-order valence-electron chi connectivity index (χ1n) is 8.93. The minimum atomic E-state index is -0.504. The smallest absolute Gasteiger partial charge is 0.231 e. The van der Waals surface area contributed by atoms with Gasteiger partial charge >= 0.3 is 0 Å². The van der Waals surface area contributed by atoms with E-state index in [1.165, 1.54) is 0 Å². The number of piperazine rings is 1. The molecule has 1 fully saturated rings. The molecule has 2 aliphatic heterocycles. The summed E-state index contributed by atoms with van der Waals surface area (Å²) in [6, 6.07) is 13.9. The summed E-state index contributed by atoms with van der Waals surface area (Å²) in [4.78, 5) is 4.43. The van der Waals surface area contributed by atoms with Gasteiger partial charge in [0.15, 0.2) is 11.5 Å². The number of anilines is 1. The quantitative estimate of drug-likeness (QED) is 0.886. The summed E-state index contributed by atoms with van der Waals surface area (Å²) < 4.78 is 16.2. The molecule has 0 aliphatic carbocycles. The molecule has 26 heavy (non-hydrogen) atoms. The van der Waals surface area contributed by atoms with Crippen molar-refractivity contribution in [3.05, 3.63) is 48.0 Å². The summed E-state index contributed by atoms with van der Waals surface area (Å²) in [5.41, 5.74) is 2.16.